The van der Waals surface area contributed by atoms with Gasteiger partial charge in [-0.1, -0.05) is 17.8 Å². The number of nitrogens with two attached hydrogens (primary N) is 1. The van der Waals surface area contributed by atoms with Gasteiger partial charge < -0.3 is 15.3 Å². The maximum Gasteiger partial charge on any atom is 0.294 e. The van der Waals surface area contributed by atoms with E-state index >= 15 is 0 Å². The molecule has 1 aromatic carbocycles. The van der Waals surface area contributed by atoms with Crippen LogP contribution in [0.3, 0.4) is 0 Å². The zero-order valence-corrected chi connectivity index (χ0v) is 12.8. The van der Waals surface area contributed by atoms with Crippen LogP contribution in [0.5, 0.6) is 11.5 Å². The number of methoxy groups -OCH3 is 2. The maximum atomic E-state index is 12.1. The molecule has 2 N–H and O–H groups in total. The van der Waals surface area contributed by atoms with Crippen molar-refractivity contribution >= 4 is 11.8 Å². The fourth-order valence-corrected chi connectivity index (χ4v) is 2.25. The summed E-state index contributed by atoms with van der Waals surface area (Å²) in [6.07, 6.45) is 2.06. The molecule has 0 saturated carbocycles. The van der Waals surface area contributed by atoms with Crippen molar-refractivity contribution in [2.24, 2.45) is 0 Å². The van der Waals surface area contributed by atoms with Gasteiger partial charge in [0, 0.05) is 18.1 Å². The van der Waals surface area contributed by atoms with Gasteiger partial charge in [-0.25, -0.2) is 0 Å². The molecule has 1 aromatic heterocycles. The topological polar surface area (TPSA) is 92.3 Å². The number of nitrogens with zero attached hydrogens (tertiary/aromatic N) is 3. The molecule has 0 spiro atoms. The molecule has 0 bridgehead atoms. The number of benzene rings is 1. The fraction of sp³-hybridized carbons (Fsp3) is 0.308. The molecule has 8 heteroatoms. The second kappa shape index (κ2) is 6.49. The number of rotatable bonds is 5. The Morgan fingerprint density at radius 1 is 1.29 bits per heavy atom. The first-order chi connectivity index (χ1) is 10.1. The highest BCUT2D eigenvalue weighted by molar-refractivity contribution is 7.98. The Bertz CT molecular complexity index is 702. The summed E-state index contributed by atoms with van der Waals surface area (Å²) in [5.41, 5.74) is 0.701. The lowest BCUT2D eigenvalue weighted by Gasteiger charge is -2.10. The van der Waals surface area contributed by atoms with E-state index in [-0.39, 0.29) is 17.7 Å². The molecule has 112 valence electrons. The molecule has 2 aromatic rings. The van der Waals surface area contributed by atoms with E-state index in [2.05, 4.69) is 10.2 Å². The summed E-state index contributed by atoms with van der Waals surface area (Å²) >= 11 is 1.26. The van der Waals surface area contributed by atoms with Crippen LogP contribution in [0.15, 0.2) is 28.2 Å². The zero-order valence-electron chi connectivity index (χ0n) is 12.0. The smallest absolute Gasteiger partial charge is 0.294 e. The Balaban J connectivity index is 2.39. The van der Waals surface area contributed by atoms with E-state index in [1.807, 2.05) is 6.07 Å². The van der Waals surface area contributed by atoms with Crippen molar-refractivity contribution < 1.29 is 9.47 Å². The maximum absolute atomic E-state index is 12.1. The molecule has 0 aliphatic carbocycles. The van der Waals surface area contributed by atoms with E-state index < -0.39 is 0 Å². The van der Waals surface area contributed by atoms with Crippen LogP contribution in [0.1, 0.15) is 11.3 Å². The van der Waals surface area contributed by atoms with Crippen molar-refractivity contribution in [1.29, 1.82) is 0 Å². The van der Waals surface area contributed by atoms with Gasteiger partial charge in [-0.3, -0.25) is 4.79 Å². The quantitative estimate of drug-likeness (QED) is 0.641. The van der Waals surface area contributed by atoms with Gasteiger partial charge in [0.25, 0.3) is 5.56 Å². The second-order valence-corrected chi connectivity index (χ2v) is 4.94. The van der Waals surface area contributed by atoms with Crippen molar-refractivity contribution in [3.63, 3.8) is 0 Å². The lowest BCUT2D eigenvalue weighted by Crippen LogP contribution is -2.33. The van der Waals surface area contributed by atoms with Crippen LogP contribution < -0.4 is 20.9 Å². The molecule has 21 heavy (non-hydrogen) atoms. The Kier molecular flexibility index (Phi) is 4.69. The van der Waals surface area contributed by atoms with E-state index in [1.165, 1.54) is 11.8 Å². The van der Waals surface area contributed by atoms with Gasteiger partial charge in [0.2, 0.25) is 5.16 Å². The first-order valence-corrected chi connectivity index (χ1v) is 7.31. The van der Waals surface area contributed by atoms with Crippen molar-refractivity contribution in [2.75, 3.05) is 26.3 Å². The highest BCUT2D eigenvalue weighted by Crippen LogP contribution is 2.25. The molecule has 2 rings (SSSR count). The standard InChI is InChI=1S/C13H16N4O3S/c1-19-9-5-4-8(11(7-9)20-2)6-10-12(18)17(14)13(21-3)16-15-10/h4-5,7H,6,14H2,1-3H3. The molecule has 0 fully saturated rings. The third kappa shape index (κ3) is 3.10. The number of nitrogen functional groups attached to an aromatic ring is 1. The number of thioether (sulfide) groups is 1. The molecule has 0 radical (unpaired) electrons. The lowest BCUT2D eigenvalue weighted by molar-refractivity contribution is 0.391. The monoisotopic (exact) mass is 308 g/mol. The summed E-state index contributed by atoms with van der Waals surface area (Å²) in [6, 6.07) is 5.37. The first-order valence-electron chi connectivity index (χ1n) is 6.09. The van der Waals surface area contributed by atoms with Gasteiger partial charge in [0.1, 0.15) is 17.2 Å². The molecule has 0 atom stereocenters. The predicted octanol–water partition coefficient (Wildman–Crippen LogP) is 0.682. The molecule has 0 amide bonds. The van der Waals surface area contributed by atoms with Gasteiger partial charge in [0.15, 0.2) is 0 Å². The molecule has 0 saturated heterocycles. The van der Waals surface area contributed by atoms with E-state index in [0.29, 0.717) is 16.7 Å². The van der Waals surface area contributed by atoms with Gasteiger partial charge in [0.05, 0.1) is 14.2 Å². The second-order valence-electron chi connectivity index (χ2n) is 4.16. The fourth-order valence-electron chi connectivity index (χ4n) is 1.85. The van der Waals surface area contributed by atoms with Gasteiger partial charge in [-0.2, -0.15) is 4.68 Å². The van der Waals surface area contributed by atoms with Crippen LogP contribution in [0.4, 0.5) is 0 Å². The normalized spacial score (nSPS) is 10.4. The summed E-state index contributed by atoms with van der Waals surface area (Å²) in [7, 11) is 3.14. The lowest BCUT2D eigenvalue weighted by atomic mass is 10.1. The molecular weight excluding hydrogens is 292 g/mol. The van der Waals surface area contributed by atoms with Crippen molar-refractivity contribution in [1.82, 2.24) is 14.9 Å². The third-order valence-electron chi connectivity index (χ3n) is 2.96. The van der Waals surface area contributed by atoms with Crippen LogP contribution in [-0.4, -0.2) is 35.3 Å². The Labute approximate surface area is 126 Å². The molecule has 0 aliphatic heterocycles. The minimum absolute atomic E-state index is 0.263. The van der Waals surface area contributed by atoms with Crippen LogP contribution in [-0.2, 0) is 6.42 Å². The minimum atomic E-state index is -0.368. The molecular formula is C13H16N4O3S. The van der Waals surface area contributed by atoms with Crippen LogP contribution in [0.2, 0.25) is 0 Å². The summed E-state index contributed by atoms with van der Waals surface area (Å²) in [5.74, 6) is 6.99. The number of hydrogen-bond acceptors (Lipinski definition) is 7. The van der Waals surface area contributed by atoms with Crippen molar-refractivity contribution in [3.05, 3.63) is 39.8 Å². The van der Waals surface area contributed by atoms with Gasteiger partial charge in [-0.05, 0) is 12.3 Å². The van der Waals surface area contributed by atoms with Crippen molar-refractivity contribution in [3.8, 4) is 11.5 Å². The van der Waals surface area contributed by atoms with E-state index in [1.54, 1.807) is 32.6 Å². The zero-order chi connectivity index (χ0) is 15.4. The van der Waals surface area contributed by atoms with Crippen LogP contribution >= 0.6 is 11.8 Å². The average molecular weight is 308 g/mol. The van der Waals surface area contributed by atoms with Gasteiger partial charge >= 0.3 is 0 Å². The Morgan fingerprint density at radius 2 is 2.05 bits per heavy atom. The third-order valence-corrected chi connectivity index (χ3v) is 3.61. The number of aromatic nitrogens is 3. The van der Waals surface area contributed by atoms with Crippen molar-refractivity contribution in [2.45, 2.75) is 11.6 Å². The van der Waals surface area contributed by atoms with E-state index in [0.717, 1.165) is 10.2 Å². The van der Waals surface area contributed by atoms with Crippen LogP contribution in [0, 0.1) is 0 Å². The summed E-state index contributed by atoms with van der Waals surface area (Å²) < 4.78 is 11.4. The number of ether oxygens (including phenoxy) is 2. The van der Waals surface area contributed by atoms with E-state index in [9.17, 15) is 4.79 Å². The minimum Gasteiger partial charge on any atom is -0.497 e. The summed E-state index contributed by atoms with van der Waals surface area (Å²) in [4.78, 5) is 12.1. The van der Waals surface area contributed by atoms with E-state index in [4.69, 9.17) is 15.3 Å². The molecule has 1 heterocycles. The highest BCUT2D eigenvalue weighted by atomic mass is 32.2. The Hall–Kier alpha value is -2.22. The average Bonchev–Trinajstić information content (AvgIpc) is 2.52. The predicted molar refractivity (Wildman–Crippen MR) is 80.6 cm³/mol. The highest BCUT2D eigenvalue weighted by Gasteiger charge is 2.13. The molecule has 0 unspecified atom stereocenters. The molecule has 0 aliphatic rings. The summed E-state index contributed by atoms with van der Waals surface area (Å²) in [5, 5.41) is 8.25. The Morgan fingerprint density at radius 3 is 2.67 bits per heavy atom. The molecule has 7 nitrogen and oxygen atoms in total. The van der Waals surface area contributed by atoms with Gasteiger partial charge in [-0.15, -0.1) is 10.2 Å². The number of hydrogen-bond donors (Lipinski definition) is 1. The summed E-state index contributed by atoms with van der Waals surface area (Å²) in [6.45, 7) is 0. The SMILES string of the molecule is COc1ccc(Cc2nnc(SC)n(N)c2=O)c(OC)c1. The largest absolute Gasteiger partial charge is 0.497 e. The first kappa shape index (κ1) is 15.2. The van der Waals surface area contributed by atoms with Crippen LogP contribution in [0.25, 0.3) is 0 Å².